The summed E-state index contributed by atoms with van der Waals surface area (Å²) in [6.07, 6.45) is 10.7. The molecule has 0 saturated carbocycles. The third-order valence-electron chi connectivity index (χ3n) is 5.27. The molecule has 0 saturated heterocycles. The standard InChI is InChI=1S/C20H38O6S.Na/c1-3-5-7-9-11-13-15-17(18(21)22)20(19(23)24,27(25)26)16-14-12-10-8-6-4-2;/h17H,3-16H2,1-2H3,(H,21,22)(H,23,24)(H,25,26);/q;+1/p-1. The number of rotatable bonds is 18. The molecule has 0 aromatic rings. The van der Waals surface area contributed by atoms with Crippen LogP contribution >= 0.6 is 0 Å². The predicted molar refractivity (Wildman–Crippen MR) is 106 cm³/mol. The fourth-order valence-corrected chi connectivity index (χ4v) is 4.46. The number of carboxylic acids is 2. The van der Waals surface area contributed by atoms with Gasteiger partial charge in [0, 0.05) is 0 Å². The van der Waals surface area contributed by atoms with Gasteiger partial charge in [-0.25, -0.2) is 0 Å². The van der Waals surface area contributed by atoms with Crippen molar-refractivity contribution in [1.82, 2.24) is 0 Å². The maximum Gasteiger partial charge on any atom is 1.00 e. The van der Waals surface area contributed by atoms with E-state index >= 15 is 0 Å². The number of carboxylic acid groups (broad SMARTS) is 2. The molecule has 3 atom stereocenters. The minimum absolute atomic E-state index is 0. The van der Waals surface area contributed by atoms with Crippen LogP contribution in [0.1, 0.15) is 104 Å². The molecule has 8 heteroatoms. The van der Waals surface area contributed by atoms with Crippen LogP contribution < -0.4 is 29.6 Å². The van der Waals surface area contributed by atoms with Crippen LogP contribution in [0.3, 0.4) is 0 Å². The predicted octanol–water partition coefficient (Wildman–Crippen LogP) is 1.89. The number of hydrogen-bond acceptors (Lipinski definition) is 4. The van der Waals surface area contributed by atoms with Gasteiger partial charge in [-0.15, -0.1) is 0 Å². The molecule has 0 aliphatic carbocycles. The summed E-state index contributed by atoms with van der Waals surface area (Å²) in [6.45, 7) is 4.20. The van der Waals surface area contributed by atoms with Gasteiger partial charge in [0.05, 0.1) is 5.92 Å². The Morgan fingerprint density at radius 2 is 1.29 bits per heavy atom. The first kappa shape index (κ1) is 30.2. The molecule has 0 aromatic heterocycles. The largest absolute Gasteiger partial charge is 1.00 e. The van der Waals surface area contributed by atoms with Gasteiger partial charge in [0.2, 0.25) is 0 Å². The summed E-state index contributed by atoms with van der Waals surface area (Å²) in [5, 5.41) is 19.3. The Morgan fingerprint density at radius 1 is 0.857 bits per heavy atom. The van der Waals surface area contributed by atoms with Crippen molar-refractivity contribution in [2.45, 2.75) is 108 Å². The third kappa shape index (κ3) is 10.7. The first-order valence-corrected chi connectivity index (χ1v) is 11.5. The first-order chi connectivity index (χ1) is 12.8. The van der Waals surface area contributed by atoms with Crippen LogP contribution in [0.2, 0.25) is 0 Å². The zero-order valence-corrected chi connectivity index (χ0v) is 20.7. The summed E-state index contributed by atoms with van der Waals surface area (Å²) in [5.41, 5.74) is 0. The number of hydrogen-bond donors (Lipinski definition) is 2. The van der Waals surface area contributed by atoms with E-state index in [9.17, 15) is 28.6 Å². The summed E-state index contributed by atoms with van der Waals surface area (Å²) >= 11 is -2.99. The third-order valence-corrected chi connectivity index (χ3v) is 6.53. The average molecular weight is 429 g/mol. The smallest absolute Gasteiger partial charge is 0.771 e. The van der Waals surface area contributed by atoms with Crippen LogP contribution in [0.5, 0.6) is 0 Å². The van der Waals surface area contributed by atoms with E-state index in [1.807, 2.05) is 0 Å². The summed E-state index contributed by atoms with van der Waals surface area (Å²) in [6, 6.07) is 0. The summed E-state index contributed by atoms with van der Waals surface area (Å²) in [5.74, 6) is -4.28. The Labute approximate surface area is 194 Å². The first-order valence-electron chi connectivity index (χ1n) is 10.4. The van der Waals surface area contributed by atoms with Crippen molar-refractivity contribution in [3.63, 3.8) is 0 Å². The molecule has 0 rings (SSSR count). The number of carbonyl (C=O) groups is 2. The molecule has 0 heterocycles. The Kier molecular flexibility index (Phi) is 19.3. The second kappa shape index (κ2) is 17.9. The van der Waals surface area contributed by atoms with E-state index in [0.29, 0.717) is 12.8 Å². The van der Waals surface area contributed by atoms with Gasteiger partial charge >= 0.3 is 41.5 Å². The summed E-state index contributed by atoms with van der Waals surface area (Å²) in [4.78, 5) is 23.7. The van der Waals surface area contributed by atoms with Crippen LogP contribution in [-0.2, 0) is 20.7 Å². The van der Waals surface area contributed by atoms with E-state index in [1.54, 1.807) is 0 Å². The fraction of sp³-hybridized carbons (Fsp3) is 0.900. The van der Waals surface area contributed by atoms with Crippen LogP contribution in [0.25, 0.3) is 0 Å². The molecule has 2 N–H and O–H groups in total. The van der Waals surface area contributed by atoms with Crippen molar-refractivity contribution in [3.8, 4) is 0 Å². The van der Waals surface area contributed by atoms with E-state index in [0.717, 1.165) is 64.2 Å². The monoisotopic (exact) mass is 428 g/mol. The molecule has 6 nitrogen and oxygen atoms in total. The van der Waals surface area contributed by atoms with Gasteiger partial charge in [-0.1, -0.05) is 90.9 Å². The second-order valence-electron chi connectivity index (χ2n) is 7.39. The molecule has 0 aliphatic rings. The van der Waals surface area contributed by atoms with Crippen LogP contribution in [0.15, 0.2) is 0 Å². The normalized spacial score (nSPS) is 15.2. The number of aliphatic carboxylic acids is 2. The maximum atomic E-state index is 11.9. The number of unbranched alkanes of at least 4 members (excludes halogenated alkanes) is 10. The Morgan fingerprint density at radius 3 is 1.68 bits per heavy atom. The average Bonchev–Trinajstić information content (AvgIpc) is 2.60. The SMILES string of the molecule is CCCCCCCCC(C(=O)O)C(CCCCCCCC)(C(=O)O)S(=O)[O-].[Na+]. The van der Waals surface area contributed by atoms with Gasteiger partial charge in [0.1, 0.15) is 4.75 Å². The van der Waals surface area contributed by atoms with Crippen LogP contribution in [0, 0.1) is 5.92 Å². The van der Waals surface area contributed by atoms with Crippen molar-refractivity contribution in [1.29, 1.82) is 0 Å². The molecule has 160 valence electrons. The summed E-state index contributed by atoms with van der Waals surface area (Å²) in [7, 11) is 0. The quantitative estimate of drug-likeness (QED) is 0.196. The molecular weight excluding hydrogens is 391 g/mol. The molecule has 0 radical (unpaired) electrons. The van der Waals surface area contributed by atoms with Gasteiger partial charge < -0.3 is 14.8 Å². The Bertz CT molecular complexity index is 444. The molecule has 0 bridgehead atoms. The van der Waals surface area contributed by atoms with Crippen LogP contribution in [-0.4, -0.2) is 35.7 Å². The fourth-order valence-electron chi connectivity index (χ4n) is 3.55. The van der Waals surface area contributed by atoms with E-state index < -0.39 is 33.7 Å². The Hall–Kier alpha value is 0.0500. The molecule has 0 spiro atoms. The minimum atomic E-state index is -2.99. The molecular formula is C20H37NaO6S. The van der Waals surface area contributed by atoms with Gasteiger partial charge in [-0.05, 0) is 23.9 Å². The second-order valence-corrected chi connectivity index (χ2v) is 8.59. The van der Waals surface area contributed by atoms with E-state index in [4.69, 9.17) is 0 Å². The molecule has 0 aliphatic heterocycles. The van der Waals surface area contributed by atoms with Crippen molar-refractivity contribution in [3.05, 3.63) is 0 Å². The minimum Gasteiger partial charge on any atom is -0.771 e. The van der Waals surface area contributed by atoms with Gasteiger partial charge in [-0.3, -0.25) is 13.8 Å². The molecule has 28 heavy (non-hydrogen) atoms. The zero-order valence-electron chi connectivity index (χ0n) is 17.9. The van der Waals surface area contributed by atoms with Gasteiger partial charge in [-0.2, -0.15) is 0 Å². The van der Waals surface area contributed by atoms with E-state index in [-0.39, 0.29) is 42.4 Å². The van der Waals surface area contributed by atoms with Crippen molar-refractivity contribution < 1.29 is 58.1 Å². The summed E-state index contributed by atoms with van der Waals surface area (Å²) < 4.78 is 21.6. The van der Waals surface area contributed by atoms with Gasteiger partial charge in [0.15, 0.2) is 0 Å². The van der Waals surface area contributed by atoms with Gasteiger partial charge in [0.25, 0.3) is 0 Å². The van der Waals surface area contributed by atoms with Crippen molar-refractivity contribution >= 4 is 23.0 Å². The topological polar surface area (TPSA) is 115 Å². The van der Waals surface area contributed by atoms with Crippen molar-refractivity contribution in [2.75, 3.05) is 0 Å². The zero-order chi connectivity index (χ0) is 20.7. The van der Waals surface area contributed by atoms with E-state index in [2.05, 4.69) is 13.8 Å². The Balaban J connectivity index is 0. The van der Waals surface area contributed by atoms with Crippen LogP contribution in [0.4, 0.5) is 0 Å². The van der Waals surface area contributed by atoms with Crippen molar-refractivity contribution in [2.24, 2.45) is 5.92 Å². The molecule has 0 aromatic carbocycles. The molecule has 3 unspecified atom stereocenters. The molecule has 0 amide bonds. The van der Waals surface area contributed by atoms with E-state index in [1.165, 1.54) is 0 Å². The maximum absolute atomic E-state index is 11.9. The molecule has 0 fully saturated rings.